The Kier molecular flexibility index (Phi) is 6.13. The van der Waals surface area contributed by atoms with Gasteiger partial charge in [-0.15, -0.1) is 0 Å². The van der Waals surface area contributed by atoms with Gasteiger partial charge in [-0.3, -0.25) is 4.79 Å². The highest BCUT2D eigenvalue weighted by atomic mass is 16.2. The molecule has 1 amide bonds. The molecule has 2 N–H and O–H groups in total. The lowest BCUT2D eigenvalue weighted by atomic mass is 9.89. The third kappa shape index (κ3) is 4.27. The molecule has 18 heavy (non-hydrogen) atoms. The molecule has 0 aromatic heterocycles. The first-order valence-electron chi connectivity index (χ1n) is 7.45. The minimum atomic E-state index is 0.310. The van der Waals surface area contributed by atoms with Gasteiger partial charge in [0.25, 0.3) is 0 Å². The average molecular weight is 254 g/mol. The molecule has 3 atom stereocenters. The van der Waals surface area contributed by atoms with Crippen molar-refractivity contribution in [1.29, 1.82) is 0 Å². The second-order valence-corrected chi connectivity index (χ2v) is 6.38. The summed E-state index contributed by atoms with van der Waals surface area (Å²) in [5.41, 5.74) is 5.79. The van der Waals surface area contributed by atoms with Crippen molar-refractivity contribution in [1.82, 2.24) is 4.90 Å². The lowest BCUT2D eigenvalue weighted by Crippen LogP contribution is -2.46. The van der Waals surface area contributed by atoms with E-state index in [1.54, 1.807) is 0 Å². The summed E-state index contributed by atoms with van der Waals surface area (Å²) < 4.78 is 0. The van der Waals surface area contributed by atoms with E-state index >= 15 is 0 Å². The molecule has 106 valence electrons. The van der Waals surface area contributed by atoms with Crippen LogP contribution in [0.25, 0.3) is 0 Å². The van der Waals surface area contributed by atoms with Gasteiger partial charge in [0.15, 0.2) is 0 Å². The van der Waals surface area contributed by atoms with Gasteiger partial charge in [-0.05, 0) is 50.5 Å². The highest BCUT2D eigenvalue weighted by molar-refractivity contribution is 5.77. The predicted octanol–water partition coefficient (Wildman–Crippen LogP) is 2.64. The molecule has 0 saturated carbocycles. The molecular weight excluding hydrogens is 224 g/mol. The lowest BCUT2D eigenvalue weighted by molar-refractivity contribution is -0.136. The number of hydrogen-bond acceptors (Lipinski definition) is 2. The molecule has 0 aromatic rings. The molecule has 0 bridgehead atoms. The van der Waals surface area contributed by atoms with E-state index in [1.807, 2.05) is 0 Å². The summed E-state index contributed by atoms with van der Waals surface area (Å²) in [6.45, 7) is 10.4. The number of nitrogens with two attached hydrogens (primary N) is 1. The van der Waals surface area contributed by atoms with Crippen LogP contribution in [-0.2, 0) is 4.79 Å². The molecular formula is C15H30N2O. The molecule has 0 aromatic carbocycles. The Morgan fingerprint density at radius 1 is 1.39 bits per heavy atom. The van der Waals surface area contributed by atoms with E-state index in [0.29, 0.717) is 42.7 Å². The smallest absolute Gasteiger partial charge is 0.223 e. The number of rotatable bonds is 5. The van der Waals surface area contributed by atoms with E-state index in [-0.39, 0.29) is 0 Å². The van der Waals surface area contributed by atoms with E-state index in [4.69, 9.17) is 5.73 Å². The third-order valence-electron chi connectivity index (χ3n) is 4.30. The first-order valence-corrected chi connectivity index (χ1v) is 7.45. The van der Waals surface area contributed by atoms with Crippen LogP contribution in [0.3, 0.4) is 0 Å². The molecule has 3 unspecified atom stereocenters. The molecule has 1 fully saturated rings. The van der Waals surface area contributed by atoms with Crippen LogP contribution in [0.4, 0.5) is 0 Å². The van der Waals surface area contributed by atoms with Crippen LogP contribution in [-0.4, -0.2) is 29.9 Å². The Balaban J connectivity index is 2.52. The van der Waals surface area contributed by atoms with Crippen LogP contribution in [0, 0.1) is 17.8 Å². The third-order valence-corrected chi connectivity index (χ3v) is 4.30. The highest BCUT2D eigenvalue weighted by Gasteiger charge is 2.29. The SMILES string of the molecule is CC(C)CC(CN)CC(=O)N1CCCC(C)C1C. The summed E-state index contributed by atoms with van der Waals surface area (Å²) in [5, 5.41) is 0. The topological polar surface area (TPSA) is 46.3 Å². The second kappa shape index (κ2) is 7.13. The van der Waals surface area contributed by atoms with Gasteiger partial charge in [-0.1, -0.05) is 20.8 Å². The Morgan fingerprint density at radius 3 is 2.61 bits per heavy atom. The number of likely N-dealkylation sites (tertiary alicyclic amines) is 1. The number of amides is 1. The van der Waals surface area contributed by atoms with Crippen molar-refractivity contribution in [2.45, 2.75) is 59.4 Å². The zero-order chi connectivity index (χ0) is 13.7. The summed E-state index contributed by atoms with van der Waals surface area (Å²) in [6, 6.07) is 0.392. The molecule has 1 rings (SSSR count). The molecule has 0 aliphatic carbocycles. The summed E-state index contributed by atoms with van der Waals surface area (Å²) in [7, 11) is 0. The maximum atomic E-state index is 12.4. The largest absolute Gasteiger partial charge is 0.340 e. The van der Waals surface area contributed by atoms with E-state index in [9.17, 15) is 4.79 Å². The molecule has 0 radical (unpaired) electrons. The second-order valence-electron chi connectivity index (χ2n) is 6.38. The van der Waals surface area contributed by atoms with Crippen LogP contribution in [0.15, 0.2) is 0 Å². The zero-order valence-corrected chi connectivity index (χ0v) is 12.5. The summed E-state index contributed by atoms with van der Waals surface area (Å²) in [6.07, 6.45) is 4.08. The van der Waals surface area contributed by atoms with Crippen molar-refractivity contribution in [3.63, 3.8) is 0 Å². The van der Waals surface area contributed by atoms with Crippen molar-refractivity contribution in [3.8, 4) is 0 Å². The maximum Gasteiger partial charge on any atom is 0.223 e. The standard InChI is InChI=1S/C15H30N2O/c1-11(2)8-14(10-16)9-15(18)17-7-5-6-12(3)13(17)4/h11-14H,5-10,16H2,1-4H3. The Labute approximate surface area is 112 Å². The zero-order valence-electron chi connectivity index (χ0n) is 12.5. The fourth-order valence-electron chi connectivity index (χ4n) is 2.98. The predicted molar refractivity (Wildman–Crippen MR) is 76.2 cm³/mol. The number of carbonyl (C=O) groups is 1. The summed E-state index contributed by atoms with van der Waals surface area (Å²) >= 11 is 0. The highest BCUT2D eigenvalue weighted by Crippen LogP contribution is 2.25. The minimum absolute atomic E-state index is 0.310. The van der Waals surface area contributed by atoms with E-state index < -0.39 is 0 Å². The first-order chi connectivity index (χ1) is 8.45. The number of nitrogens with zero attached hydrogens (tertiary/aromatic N) is 1. The van der Waals surface area contributed by atoms with E-state index in [1.165, 1.54) is 6.42 Å². The molecule has 3 heteroatoms. The average Bonchev–Trinajstić information content (AvgIpc) is 2.31. The van der Waals surface area contributed by atoms with Gasteiger partial charge in [0.1, 0.15) is 0 Å². The molecule has 1 heterocycles. The fourth-order valence-corrected chi connectivity index (χ4v) is 2.98. The summed E-state index contributed by atoms with van der Waals surface area (Å²) in [4.78, 5) is 14.5. The lowest BCUT2D eigenvalue weighted by Gasteiger charge is -2.38. The van der Waals surface area contributed by atoms with Gasteiger partial charge < -0.3 is 10.6 Å². The Hall–Kier alpha value is -0.570. The van der Waals surface area contributed by atoms with E-state index in [0.717, 1.165) is 19.4 Å². The van der Waals surface area contributed by atoms with Crippen LogP contribution in [0.1, 0.15) is 53.4 Å². The monoisotopic (exact) mass is 254 g/mol. The van der Waals surface area contributed by atoms with Gasteiger partial charge >= 0.3 is 0 Å². The fraction of sp³-hybridized carbons (Fsp3) is 0.933. The maximum absolute atomic E-state index is 12.4. The Bertz CT molecular complexity index is 265. The number of carbonyl (C=O) groups excluding carboxylic acids is 1. The van der Waals surface area contributed by atoms with Crippen molar-refractivity contribution < 1.29 is 4.79 Å². The molecule has 0 spiro atoms. The quantitative estimate of drug-likeness (QED) is 0.820. The van der Waals surface area contributed by atoms with Crippen molar-refractivity contribution in [2.24, 2.45) is 23.5 Å². The number of hydrogen-bond donors (Lipinski definition) is 1. The van der Waals surface area contributed by atoms with Crippen LogP contribution in [0.5, 0.6) is 0 Å². The molecule has 1 aliphatic rings. The number of piperidine rings is 1. The Morgan fingerprint density at radius 2 is 2.06 bits per heavy atom. The van der Waals surface area contributed by atoms with Gasteiger partial charge in [-0.2, -0.15) is 0 Å². The minimum Gasteiger partial charge on any atom is -0.340 e. The van der Waals surface area contributed by atoms with Gasteiger partial charge in [0, 0.05) is 19.0 Å². The van der Waals surface area contributed by atoms with Gasteiger partial charge in [0.2, 0.25) is 5.91 Å². The van der Waals surface area contributed by atoms with Crippen molar-refractivity contribution in [2.75, 3.05) is 13.1 Å². The normalized spacial score (nSPS) is 26.4. The van der Waals surface area contributed by atoms with Crippen molar-refractivity contribution >= 4 is 5.91 Å². The summed E-state index contributed by atoms with van der Waals surface area (Å²) in [5.74, 6) is 1.90. The molecule has 1 aliphatic heterocycles. The first kappa shape index (κ1) is 15.5. The van der Waals surface area contributed by atoms with Crippen LogP contribution >= 0.6 is 0 Å². The molecule has 3 nitrogen and oxygen atoms in total. The van der Waals surface area contributed by atoms with Gasteiger partial charge in [0.05, 0.1) is 0 Å². The molecule has 1 saturated heterocycles. The van der Waals surface area contributed by atoms with Gasteiger partial charge in [-0.25, -0.2) is 0 Å². The van der Waals surface area contributed by atoms with Crippen LogP contribution in [0.2, 0.25) is 0 Å². The van der Waals surface area contributed by atoms with Crippen LogP contribution < -0.4 is 5.73 Å². The van der Waals surface area contributed by atoms with E-state index in [2.05, 4.69) is 32.6 Å². The van der Waals surface area contributed by atoms with Crippen molar-refractivity contribution in [3.05, 3.63) is 0 Å².